The van der Waals surface area contributed by atoms with Gasteiger partial charge in [-0.05, 0) is 41.8 Å². The lowest BCUT2D eigenvalue weighted by atomic mass is 10.1. The summed E-state index contributed by atoms with van der Waals surface area (Å²) in [5.41, 5.74) is 2.07. The Labute approximate surface area is 137 Å². The van der Waals surface area contributed by atoms with Crippen LogP contribution in [0.1, 0.15) is 10.4 Å². The van der Waals surface area contributed by atoms with E-state index in [1.807, 2.05) is 41.8 Å². The minimum absolute atomic E-state index is 0.377. The van der Waals surface area contributed by atoms with Gasteiger partial charge in [0, 0.05) is 15.8 Å². The summed E-state index contributed by atoms with van der Waals surface area (Å²) in [6, 6.07) is 13.5. The minimum Gasteiger partial charge on any atom is -0.497 e. The van der Waals surface area contributed by atoms with Crippen LogP contribution in [0.5, 0.6) is 5.75 Å². The molecule has 0 aliphatic carbocycles. The number of halogens is 1. The summed E-state index contributed by atoms with van der Waals surface area (Å²) in [6.45, 7) is 0. The van der Waals surface area contributed by atoms with Gasteiger partial charge < -0.3 is 4.74 Å². The van der Waals surface area contributed by atoms with Crippen LogP contribution in [0.2, 0.25) is 5.15 Å². The molecular formula is C17H11ClN2OS. The minimum atomic E-state index is 0.377. The summed E-state index contributed by atoms with van der Waals surface area (Å²) in [6.07, 6.45) is 1.76. The third-order valence-corrected chi connectivity index (χ3v) is 4.42. The Morgan fingerprint density at radius 1 is 1.36 bits per heavy atom. The van der Waals surface area contributed by atoms with Gasteiger partial charge in [0.1, 0.15) is 17.0 Å². The van der Waals surface area contributed by atoms with Gasteiger partial charge in [-0.1, -0.05) is 17.7 Å². The molecule has 2 heterocycles. The Bertz CT molecular complexity index is 895. The van der Waals surface area contributed by atoms with Gasteiger partial charge in [0.25, 0.3) is 0 Å². The van der Waals surface area contributed by atoms with Crippen molar-refractivity contribution in [3.63, 3.8) is 0 Å². The predicted molar refractivity (Wildman–Crippen MR) is 91.1 cm³/mol. The molecule has 3 nitrogen and oxygen atoms in total. The Kier molecular flexibility index (Phi) is 4.10. The zero-order valence-electron chi connectivity index (χ0n) is 11.7. The standard InChI is InChI=1S/C17H11ClN2OS/c1-21-14-4-5-15-11(9-14)7-12(17(18)20-15)8-13(10-19)16-3-2-6-22-16/h2-9H,1H3/b13-8-. The predicted octanol–water partition coefficient (Wildman–Crippen LogP) is 5.02. The van der Waals surface area contributed by atoms with Crippen LogP contribution in [0.3, 0.4) is 0 Å². The zero-order chi connectivity index (χ0) is 15.5. The van der Waals surface area contributed by atoms with E-state index in [-0.39, 0.29) is 0 Å². The maximum Gasteiger partial charge on any atom is 0.137 e. The SMILES string of the molecule is COc1ccc2nc(Cl)c(/C=C(/C#N)c3cccs3)cc2c1. The topological polar surface area (TPSA) is 45.9 Å². The number of aromatic nitrogens is 1. The van der Waals surface area contributed by atoms with Crippen LogP contribution in [-0.2, 0) is 0 Å². The first kappa shape index (κ1) is 14.6. The number of nitriles is 1. The molecule has 108 valence electrons. The Morgan fingerprint density at radius 3 is 2.91 bits per heavy atom. The van der Waals surface area contributed by atoms with Crippen molar-refractivity contribution < 1.29 is 4.74 Å². The molecule has 0 aliphatic rings. The van der Waals surface area contributed by atoms with E-state index in [2.05, 4.69) is 11.1 Å². The number of rotatable bonds is 3. The lowest BCUT2D eigenvalue weighted by Gasteiger charge is -2.05. The lowest BCUT2D eigenvalue weighted by Crippen LogP contribution is -1.88. The number of allylic oxidation sites excluding steroid dienone is 1. The molecule has 22 heavy (non-hydrogen) atoms. The largest absolute Gasteiger partial charge is 0.497 e. The van der Waals surface area contributed by atoms with Gasteiger partial charge in [-0.25, -0.2) is 4.98 Å². The Hall–Kier alpha value is -2.35. The van der Waals surface area contributed by atoms with Crippen molar-refractivity contribution in [3.8, 4) is 11.8 Å². The van der Waals surface area contributed by atoms with E-state index in [1.54, 1.807) is 13.2 Å². The molecule has 5 heteroatoms. The maximum absolute atomic E-state index is 9.35. The molecule has 3 rings (SSSR count). The first-order valence-corrected chi connectivity index (χ1v) is 7.77. The zero-order valence-corrected chi connectivity index (χ0v) is 13.3. The summed E-state index contributed by atoms with van der Waals surface area (Å²) in [7, 11) is 1.62. The van der Waals surface area contributed by atoms with Crippen LogP contribution >= 0.6 is 22.9 Å². The van der Waals surface area contributed by atoms with E-state index in [0.717, 1.165) is 21.5 Å². The maximum atomic E-state index is 9.35. The van der Waals surface area contributed by atoms with Crippen LogP contribution in [-0.4, -0.2) is 12.1 Å². The molecule has 3 aromatic rings. The number of fused-ring (bicyclic) bond motifs is 1. The molecule has 0 aliphatic heterocycles. The summed E-state index contributed by atoms with van der Waals surface area (Å²) in [4.78, 5) is 5.29. The summed E-state index contributed by atoms with van der Waals surface area (Å²) < 4.78 is 5.23. The molecule has 0 saturated heterocycles. The fraction of sp³-hybridized carbons (Fsp3) is 0.0588. The molecule has 1 aromatic carbocycles. The highest BCUT2D eigenvalue weighted by molar-refractivity contribution is 7.11. The van der Waals surface area contributed by atoms with Gasteiger partial charge in [0.05, 0.1) is 18.2 Å². The number of ether oxygens (including phenoxy) is 1. The average molecular weight is 327 g/mol. The second kappa shape index (κ2) is 6.18. The molecular weight excluding hydrogens is 316 g/mol. The van der Waals surface area contributed by atoms with E-state index in [9.17, 15) is 5.26 Å². The third-order valence-electron chi connectivity index (χ3n) is 3.21. The quantitative estimate of drug-likeness (QED) is 0.501. The number of methoxy groups -OCH3 is 1. The number of hydrogen-bond donors (Lipinski definition) is 0. The highest BCUT2D eigenvalue weighted by Crippen LogP contribution is 2.28. The van der Waals surface area contributed by atoms with Gasteiger partial charge >= 0.3 is 0 Å². The molecule has 0 unspecified atom stereocenters. The molecule has 0 radical (unpaired) electrons. The van der Waals surface area contributed by atoms with E-state index < -0.39 is 0 Å². The van der Waals surface area contributed by atoms with Crippen molar-refractivity contribution in [2.24, 2.45) is 0 Å². The second-order valence-electron chi connectivity index (χ2n) is 4.57. The summed E-state index contributed by atoms with van der Waals surface area (Å²) in [5, 5.41) is 12.6. The van der Waals surface area contributed by atoms with Crippen LogP contribution in [0.4, 0.5) is 0 Å². The van der Waals surface area contributed by atoms with Crippen molar-refractivity contribution in [3.05, 3.63) is 57.4 Å². The first-order chi connectivity index (χ1) is 10.7. The number of pyridine rings is 1. The number of nitrogens with zero attached hydrogens (tertiary/aromatic N) is 2. The highest BCUT2D eigenvalue weighted by atomic mass is 35.5. The monoisotopic (exact) mass is 326 g/mol. The Morgan fingerprint density at radius 2 is 2.23 bits per heavy atom. The van der Waals surface area contributed by atoms with Crippen LogP contribution in [0.15, 0.2) is 41.8 Å². The van der Waals surface area contributed by atoms with Gasteiger partial charge in [-0.3, -0.25) is 0 Å². The number of hydrogen-bond acceptors (Lipinski definition) is 4. The number of benzene rings is 1. The van der Waals surface area contributed by atoms with Crippen molar-refractivity contribution in [2.75, 3.05) is 7.11 Å². The van der Waals surface area contributed by atoms with Crippen LogP contribution < -0.4 is 4.74 Å². The Balaban J connectivity index is 2.14. The smallest absolute Gasteiger partial charge is 0.137 e. The molecule has 0 atom stereocenters. The average Bonchev–Trinajstić information content (AvgIpc) is 3.06. The molecule has 0 bridgehead atoms. The van der Waals surface area contributed by atoms with Crippen molar-refractivity contribution >= 4 is 45.5 Å². The molecule has 2 aromatic heterocycles. The third kappa shape index (κ3) is 2.82. The van der Waals surface area contributed by atoms with Crippen LogP contribution in [0.25, 0.3) is 22.6 Å². The summed E-state index contributed by atoms with van der Waals surface area (Å²) >= 11 is 7.76. The van der Waals surface area contributed by atoms with Gasteiger partial charge in [-0.2, -0.15) is 5.26 Å². The van der Waals surface area contributed by atoms with Crippen LogP contribution in [0, 0.1) is 11.3 Å². The van der Waals surface area contributed by atoms with Crippen molar-refractivity contribution in [2.45, 2.75) is 0 Å². The molecule has 0 saturated carbocycles. The van der Waals surface area contributed by atoms with E-state index >= 15 is 0 Å². The van der Waals surface area contributed by atoms with Crippen molar-refractivity contribution in [1.29, 1.82) is 5.26 Å². The first-order valence-electron chi connectivity index (χ1n) is 6.51. The second-order valence-corrected chi connectivity index (χ2v) is 5.88. The highest BCUT2D eigenvalue weighted by Gasteiger charge is 2.08. The van der Waals surface area contributed by atoms with Gasteiger partial charge in [-0.15, -0.1) is 11.3 Å². The van der Waals surface area contributed by atoms with Gasteiger partial charge in [0.2, 0.25) is 0 Å². The van der Waals surface area contributed by atoms with E-state index in [4.69, 9.17) is 16.3 Å². The number of thiophene rings is 1. The summed E-state index contributed by atoms with van der Waals surface area (Å²) in [5.74, 6) is 0.755. The molecule has 0 fully saturated rings. The lowest BCUT2D eigenvalue weighted by molar-refractivity contribution is 0.415. The van der Waals surface area contributed by atoms with E-state index in [0.29, 0.717) is 16.3 Å². The van der Waals surface area contributed by atoms with Crippen molar-refractivity contribution in [1.82, 2.24) is 4.98 Å². The fourth-order valence-corrected chi connectivity index (χ4v) is 3.01. The normalized spacial score (nSPS) is 11.4. The molecule has 0 N–H and O–H groups in total. The van der Waals surface area contributed by atoms with E-state index in [1.165, 1.54) is 11.3 Å². The van der Waals surface area contributed by atoms with Gasteiger partial charge in [0.15, 0.2) is 0 Å². The molecule has 0 amide bonds. The molecule has 0 spiro atoms. The fourth-order valence-electron chi connectivity index (χ4n) is 2.12.